The third kappa shape index (κ3) is 3.47. The van der Waals surface area contributed by atoms with Crippen molar-refractivity contribution in [2.45, 2.75) is 6.61 Å². The molecule has 0 aliphatic rings. The molecule has 3 aromatic rings. The first-order valence-electron chi connectivity index (χ1n) is 6.10. The minimum absolute atomic E-state index is 0.125. The number of thiophene rings is 1. The van der Waals surface area contributed by atoms with Gasteiger partial charge in [-0.05, 0) is 29.6 Å². The summed E-state index contributed by atoms with van der Waals surface area (Å²) in [5.74, 6) is 0.0976. The molecule has 0 spiro atoms. The lowest BCUT2D eigenvalue weighted by Crippen LogP contribution is -2.05. The molecule has 0 bridgehead atoms. The number of esters is 1. The first-order valence-corrected chi connectivity index (χ1v) is 7.80. The summed E-state index contributed by atoms with van der Waals surface area (Å²) in [6.45, 7) is -0.125. The number of carbonyl (C=O) groups is 1. The molecule has 0 saturated heterocycles. The molecule has 5 nitrogen and oxygen atoms in total. The van der Waals surface area contributed by atoms with Gasteiger partial charge in [0.1, 0.15) is 0 Å². The van der Waals surface area contributed by atoms with Gasteiger partial charge in [-0.1, -0.05) is 28.4 Å². The highest BCUT2D eigenvalue weighted by molar-refractivity contribution is 7.08. The predicted molar refractivity (Wildman–Crippen MR) is 83.2 cm³/mol. The van der Waals surface area contributed by atoms with Crippen LogP contribution >= 0.6 is 34.5 Å². The zero-order valence-corrected chi connectivity index (χ0v) is 13.3. The molecule has 0 unspecified atom stereocenters. The van der Waals surface area contributed by atoms with E-state index in [2.05, 4.69) is 10.1 Å². The summed E-state index contributed by atoms with van der Waals surface area (Å²) in [6.07, 6.45) is 0. The molecular weight excluding hydrogens is 347 g/mol. The van der Waals surface area contributed by atoms with Gasteiger partial charge in [0, 0.05) is 21.0 Å². The van der Waals surface area contributed by atoms with Crippen molar-refractivity contribution in [3.8, 4) is 11.4 Å². The van der Waals surface area contributed by atoms with E-state index in [1.54, 1.807) is 0 Å². The average Bonchev–Trinajstić information content (AvgIpc) is 3.14. The Labute approximate surface area is 139 Å². The van der Waals surface area contributed by atoms with E-state index in [0.717, 1.165) is 5.56 Å². The van der Waals surface area contributed by atoms with Crippen molar-refractivity contribution in [3.63, 3.8) is 0 Å². The van der Waals surface area contributed by atoms with E-state index in [-0.39, 0.29) is 18.1 Å². The summed E-state index contributed by atoms with van der Waals surface area (Å²) in [6, 6.07) is 6.35. The maximum Gasteiger partial charge on any atom is 0.338 e. The van der Waals surface area contributed by atoms with Gasteiger partial charge in [0.15, 0.2) is 6.61 Å². The van der Waals surface area contributed by atoms with E-state index in [9.17, 15) is 4.79 Å². The van der Waals surface area contributed by atoms with E-state index in [4.69, 9.17) is 32.5 Å². The molecule has 0 atom stereocenters. The van der Waals surface area contributed by atoms with Crippen LogP contribution in [0.15, 0.2) is 39.5 Å². The standard InChI is InChI=1S/C14H8Cl2N2O3S/c15-10-3-9(4-11(16)5-10)14(19)20-6-12-17-13(18-21-12)8-1-2-22-7-8/h1-5,7H,6H2. The molecule has 0 amide bonds. The van der Waals surface area contributed by atoms with Crippen LogP contribution in [0.1, 0.15) is 16.2 Å². The lowest BCUT2D eigenvalue weighted by Gasteiger charge is -2.03. The molecule has 2 aromatic heterocycles. The van der Waals surface area contributed by atoms with Crippen molar-refractivity contribution in [2.75, 3.05) is 0 Å². The number of hydrogen-bond acceptors (Lipinski definition) is 6. The van der Waals surface area contributed by atoms with Crippen LogP contribution in [0.2, 0.25) is 10.0 Å². The summed E-state index contributed by atoms with van der Waals surface area (Å²) < 4.78 is 10.1. The molecule has 0 aliphatic heterocycles. The van der Waals surface area contributed by atoms with Crippen molar-refractivity contribution in [1.29, 1.82) is 0 Å². The molecule has 0 aliphatic carbocycles. The number of benzene rings is 1. The van der Waals surface area contributed by atoms with Gasteiger partial charge in [0.05, 0.1) is 5.56 Å². The second-order valence-electron chi connectivity index (χ2n) is 4.26. The Hall–Kier alpha value is -1.89. The Bertz CT molecular complexity index is 782. The van der Waals surface area contributed by atoms with Crippen molar-refractivity contribution in [1.82, 2.24) is 10.1 Å². The number of rotatable bonds is 4. The summed E-state index contributed by atoms with van der Waals surface area (Å²) in [5.41, 5.74) is 1.11. The second-order valence-corrected chi connectivity index (χ2v) is 5.91. The van der Waals surface area contributed by atoms with Gasteiger partial charge in [-0.15, -0.1) is 0 Å². The fourth-order valence-corrected chi connectivity index (χ4v) is 2.87. The highest BCUT2D eigenvalue weighted by atomic mass is 35.5. The van der Waals surface area contributed by atoms with Gasteiger partial charge in [-0.25, -0.2) is 4.79 Å². The Morgan fingerprint density at radius 1 is 1.27 bits per heavy atom. The first-order chi connectivity index (χ1) is 10.6. The molecule has 3 rings (SSSR count). The number of nitrogens with zero attached hydrogens (tertiary/aromatic N) is 2. The quantitative estimate of drug-likeness (QED) is 0.647. The van der Waals surface area contributed by atoms with Crippen molar-refractivity contribution in [2.24, 2.45) is 0 Å². The number of aromatic nitrogens is 2. The Kier molecular flexibility index (Phi) is 4.42. The van der Waals surface area contributed by atoms with Crippen LogP contribution < -0.4 is 0 Å². The number of carbonyl (C=O) groups excluding carboxylic acids is 1. The molecule has 0 fully saturated rings. The topological polar surface area (TPSA) is 65.2 Å². The minimum Gasteiger partial charge on any atom is -0.452 e. The molecule has 8 heteroatoms. The molecule has 2 heterocycles. The van der Waals surface area contributed by atoms with Gasteiger partial charge >= 0.3 is 5.97 Å². The maximum absolute atomic E-state index is 11.9. The Morgan fingerprint density at radius 2 is 2.05 bits per heavy atom. The minimum atomic E-state index is -0.570. The van der Waals surface area contributed by atoms with E-state index in [1.807, 2.05) is 16.8 Å². The zero-order chi connectivity index (χ0) is 15.5. The predicted octanol–water partition coefficient (Wildman–Crippen LogP) is 4.46. The average molecular weight is 355 g/mol. The first kappa shape index (κ1) is 15.0. The summed E-state index contributed by atoms with van der Waals surface area (Å²) in [4.78, 5) is 16.1. The van der Waals surface area contributed by atoms with Gasteiger partial charge in [0.25, 0.3) is 5.89 Å². The van der Waals surface area contributed by atoms with Gasteiger partial charge in [-0.3, -0.25) is 0 Å². The van der Waals surface area contributed by atoms with E-state index in [1.165, 1.54) is 29.5 Å². The maximum atomic E-state index is 11.9. The molecule has 1 aromatic carbocycles. The molecule has 22 heavy (non-hydrogen) atoms. The molecule has 0 saturated carbocycles. The van der Waals surface area contributed by atoms with Crippen LogP contribution in [0.5, 0.6) is 0 Å². The van der Waals surface area contributed by atoms with Gasteiger partial charge in [0.2, 0.25) is 5.82 Å². The van der Waals surface area contributed by atoms with Crippen molar-refractivity contribution >= 4 is 40.5 Å². The third-order valence-corrected chi connectivity index (χ3v) is 3.79. The van der Waals surface area contributed by atoms with Gasteiger partial charge < -0.3 is 9.26 Å². The van der Waals surface area contributed by atoms with E-state index < -0.39 is 5.97 Å². The number of ether oxygens (including phenoxy) is 1. The van der Waals surface area contributed by atoms with Crippen LogP contribution in [0.25, 0.3) is 11.4 Å². The summed E-state index contributed by atoms with van der Waals surface area (Å²) >= 11 is 13.2. The Balaban J connectivity index is 1.66. The summed E-state index contributed by atoms with van der Waals surface area (Å²) in [5, 5.41) is 8.35. The third-order valence-electron chi connectivity index (χ3n) is 2.67. The lowest BCUT2D eigenvalue weighted by atomic mass is 10.2. The second kappa shape index (κ2) is 6.48. The summed E-state index contributed by atoms with van der Waals surface area (Å²) in [7, 11) is 0. The zero-order valence-electron chi connectivity index (χ0n) is 11.0. The fourth-order valence-electron chi connectivity index (χ4n) is 1.70. The van der Waals surface area contributed by atoms with Crippen LogP contribution in [-0.4, -0.2) is 16.1 Å². The lowest BCUT2D eigenvalue weighted by molar-refractivity contribution is 0.0430. The Morgan fingerprint density at radius 3 is 2.73 bits per heavy atom. The molecule has 112 valence electrons. The molecular formula is C14H8Cl2N2O3S. The van der Waals surface area contributed by atoms with Crippen molar-refractivity contribution in [3.05, 3.63) is 56.5 Å². The van der Waals surface area contributed by atoms with Crippen LogP contribution in [0.4, 0.5) is 0 Å². The molecule has 0 N–H and O–H groups in total. The van der Waals surface area contributed by atoms with Crippen molar-refractivity contribution < 1.29 is 14.1 Å². The van der Waals surface area contributed by atoms with Crippen LogP contribution in [0, 0.1) is 0 Å². The van der Waals surface area contributed by atoms with Crippen LogP contribution in [-0.2, 0) is 11.3 Å². The highest BCUT2D eigenvalue weighted by Crippen LogP contribution is 2.21. The number of halogens is 2. The SMILES string of the molecule is O=C(OCc1nc(-c2ccsc2)no1)c1cc(Cl)cc(Cl)c1. The van der Waals surface area contributed by atoms with E-state index in [0.29, 0.717) is 15.9 Å². The monoisotopic (exact) mass is 354 g/mol. The van der Waals surface area contributed by atoms with Crippen LogP contribution in [0.3, 0.4) is 0 Å². The highest BCUT2D eigenvalue weighted by Gasteiger charge is 2.13. The smallest absolute Gasteiger partial charge is 0.338 e. The number of hydrogen-bond donors (Lipinski definition) is 0. The van der Waals surface area contributed by atoms with Gasteiger partial charge in [-0.2, -0.15) is 16.3 Å². The fraction of sp³-hybridized carbons (Fsp3) is 0.0714. The van der Waals surface area contributed by atoms with E-state index >= 15 is 0 Å². The largest absolute Gasteiger partial charge is 0.452 e. The normalized spacial score (nSPS) is 10.6. The molecule has 0 radical (unpaired) electrons.